The molecule has 8 heteroatoms. The molecule has 0 aromatic heterocycles. The lowest BCUT2D eigenvalue weighted by Crippen LogP contribution is -2.48. The minimum absolute atomic E-state index is 0. The molecular formula is C21H31Cl3N4O. The first-order valence-corrected chi connectivity index (χ1v) is 9.25. The van der Waals surface area contributed by atoms with E-state index in [0.29, 0.717) is 17.8 Å². The number of hydrogen-bond donors (Lipinski definition) is 2. The average molecular weight is 462 g/mol. The lowest BCUT2D eigenvalue weighted by atomic mass is 10.1. The van der Waals surface area contributed by atoms with Crippen molar-refractivity contribution >= 4 is 48.8 Å². The second-order valence-electron chi connectivity index (χ2n) is 6.93. The first kappa shape index (κ1) is 27.5. The zero-order valence-electron chi connectivity index (χ0n) is 16.7. The molecule has 5 nitrogen and oxygen atoms in total. The van der Waals surface area contributed by atoms with Gasteiger partial charge < -0.3 is 11.1 Å². The van der Waals surface area contributed by atoms with Crippen LogP contribution in [0.4, 0.5) is 5.69 Å². The van der Waals surface area contributed by atoms with Crippen molar-refractivity contribution in [1.29, 1.82) is 0 Å². The second-order valence-corrected chi connectivity index (χ2v) is 6.93. The van der Waals surface area contributed by atoms with Crippen LogP contribution in [0.5, 0.6) is 0 Å². The van der Waals surface area contributed by atoms with Gasteiger partial charge in [-0.1, -0.05) is 36.4 Å². The minimum Gasteiger partial charge on any atom is -0.399 e. The van der Waals surface area contributed by atoms with Gasteiger partial charge in [-0.25, -0.2) is 0 Å². The van der Waals surface area contributed by atoms with E-state index in [-0.39, 0.29) is 43.1 Å². The molecule has 0 atom stereocenters. The van der Waals surface area contributed by atoms with Crippen LogP contribution in [0.1, 0.15) is 21.5 Å². The van der Waals surface area contributed by atoms with E-state index in [9.17, 15) is 4.79 Å². The van der Waals surface area contributed by atoms with Crippen LogP contribution in [-0.4, -0.2) is 55.0 Å². The van der Waals surface area contributed by atoms with Gasteiger partial charge >= 0.3 is 0 Å². The summed E-state index contributed by atoms with van der Waals surface area (Å²) in [6, 6.07) is 16.1. The lowest BCUT2D eigenvalue weighted by molar-refractivity contribution is 0.0933. The molecule has 1 heterocycles. The number of benzene rings is 2. The van der Waals surface area contributed by atoms with Gasteiger partial charge in [0, 0.05) is 57.1 Å². The van der Waals surface area contributed by atoms with E-state index in [1.54, 1.807) is 6.07 Å². The van der Waals surface area contributed by atoms with E-state index in [1.807, 2.05) is 19.1 Å². The van der Waals surface area contributed by atoms with E-state index >= 15 is 0 Å². The molecule has 3 N–H and O–H groups in total. The van der Waals surface area contributed by atoms with Gasteiger partial charge in [0.05, 0.1) is 0 Å². The molecule has 1 fully saturated rings. The van der Waals surface area contributed by atoms with E-state index in [0.717, 1.165) is 44.8 Å². The fraction of sp³-hybridized carbons (Fsp3) is 0.381. The molecule has 2 aromatic rings. The number of aryl methyl sites for hydroxylation is 1. The molecule has 162 valence electrons. The SMILES string of the molecule is Cc1ccc(N)cc1C(=O)NCCN1CCN(Cc2ccccc2)CC1.Cl.Cl.Cl. The van der Waals surface area contributed by atoms with Crippen LogP contribution in [0.15, 0.2) is 48.5 Å². The highest BCUT2D eigenvalue weighted by molar-refractivity contribution is 5.96. The van der Waals surface area contributed by atoms with Crippen molar-refractivity contribution in [1.82, 2.24) is 15.1 Å². The Bertz CT molecular complexity index is 738. The third-order valence-corrected chi connectivity index (χ3v) is 4.93. The van der Waals surface area contributed by atoms with Crippen LogP contribution >= 0.6 is 37.2 Å². The highest BCUT2D eigenvalue weighted by Gasteiger charge is 2.17. The van der Waals surface area contributed by atoms with Gasteiger partial charge in [0.2, 0.25) is 0 Å². The summed E-state index contributed by atoms with van der Waals surface area (Å²) in [4.78, 5) is 17.2. The summed E-state index contributed by atoms with van der Waals surface area (Å²) >= 11 is 0. The van der Waals surface area contributed by atoms with Gasteiger partial charge in [-0.2, -0.15) is 0 Å². The number of halogens is 3. The number of nitrogen functional groups attached to an aromatic ring is 1. The summed E-state index contributed by atoms with van der Waals surface area (Å²) in [7, 11) is 0. The maximum atomic E-state index is 12.3. The number of rotatable bonds is 6. The highest BCUT2D eigenvalue weighted by Crippen LogP contribution is 2.12. The van der Waals surface area contributed by atoms with Crippen molar-refractivity contribution in [2.24, 2.45) is 0 Å². The molecule has 0 aliphatic carbocycles. The van der Waals surface area contributed by atoms with Crippen LogP contribution in [0, 0.1) is 6.92 Å². The molecular weight excluding hydrogens is 431 g/mol. The molecule has 29 heavy (non-hydrogen) atoms. The van der Waals surface area contributed by atoms with Crippen molar-refractivity contribution in [3.8, 4) is 0 Å². The van der Waals surface area contributed by atoms with Gasteiger partial charge in [-0.3, -0.25) is 14.6 Å². The normalized spacial score (nSPS) is 14.1. The van der Waals surface area contributed by atoms with Crippen LogP contribution in [-0.2, 0) is 6.54 Å². The molecule has 1 aliphatic heterocycles. The van der Waals surface area contributed by atoms with Crippen molar-refractivity contribution in [3.63, 3.8) is 0 Å². The number of nitrogens with zero attached hydrogens (tertiary/aromatic N) is 2. The van der Waals surface area contributed by atoms with Crippen molar-refractivity contribution in [3.05, 3.63) is 65.2 Å². The zero-order valence-corrected chi connectivity index (χ0v) is 19.1. The Morgan fingerprint density at radius 3 is 2.24 bits per heavy atom. The molecule has 0 bridgehead atoms. The van der Waals surface area contributed by atoms with E-state index in [4.69, 9.17) is 5.73 Å². The number of anilines is 1. The summed E-state index contributed by atoms with van der Waals surface area (Å²) in [5.41, 5.74) is 9.39. The Kier molecular flexibility index (Phi) is 13.0. The topological polar surface area (TPSA) is 61.6 Å². The zero-order chi connectivity index (χ0) is 18.4. The van der Waals surface area contributed by atoms with Crippen LogP contribution in [0.25, 0.3) is 0 Å². The van der Waals surface area contributed by atoms with Gasteiger partial charge in [0.1, 0.15) is 0 Å². The van der Waals surface area contributed by atoms with Crippen LogP contribution in [0.3, 0.4) is 0 Å². The number of carbonyl (C=O) groups excluding carboxylic acids is 1. The summed E-state index contributed by atoms with van der Waals surface area (Å²) in [6.07, 6.45) is 0. The Hall–Kier alpha value is -1.50. The summed E-state index contributed by atoms with van der Waals surface area (Å²) in [6.45, 7) is 8.70. The minimum atomic E-state index is -0.0440. The van der Waals surface area contributed by atoms with Crippen molar-refractivity contribution < 1.29 is 4.79 Å². The van der Waals surface area contributed by atoms with Gasteiger partial charge in [-0.15, -0.1) is 37.2 Å². The largest absolute Gasteiger partial charge is 0.399 e. The van der Waals surface area contributed by atoms with Gasteiger partial charge in [0.15, 0.2) is 0 Å². The van der Waals surface area contributed by atoms with Gasteiger partial charge in [0.25, 0.3) is 5.91 Å². The standard InChI is InChI=1S/C21H28N4O.3ClH/c1-17-7-8-19(22)15-20(17)21(26)23-9-10-24-11-13-25(14-12-24)16-18-5-3-2-4-6-18;;;/h2-8,15H,9-14,16,22H2,1H3,(H,23,26);3*1H. The summed E-state index contributed by atoms with van der Waals surface area (Å²) in [5.74, 6) is -0.0440. The number of nitrogens with one attached hydrogen (secondary N) is 1. The maximum Gasteiger partial charge on any atom is 0.251 e. The maximum absolute atomic E-state index is 12.3. The number of nitrogens with two attached hydrogens (primary N) is 1. The Morgan fingerprint density at radius 1 is 0.966 bits per heavy atom. The first-order valence-electron chi connectivity index (χ1n) is 9.25. The number of piperazine rings is 1. The second kappa shape index (κ2) is 13.7. The predicted octanol–water partition coefficient (Wildman–Crippen LogP) is 3.39. The number of hydrogen-bond acceptors (Lipinski definition) is 4. The number of amides is 1. The third-order valence-electron chi connectivity index (χ3n) is 4.93. The van der Waals surface area contributed by atoms with Crippen LogP contribution in [0.2, 0.25) is 0 Å². The third kappa shape index (κ3) is 8.41. The molecule has 1 amide bonds. The fourth-order valence-corrected chi connectivity index (χ4v) is 3.32. The Balaban J connectivity index is 0.00000261. The molecule has 0 unspecified atom stereocenters. The van der Waals surface area contributed by atoms with E-state index in [1.165, 1.54) is 5.56 Å². The lowest BCUT2D eigenvalue weighted by Gasteiger charge is -2.34. The quantitative estimate of drug-likeness (QED) is 0.647. The van der Waals surface area contributed by atoms with E-state index < -0.39 is 0 Å². The molecule has 1 aliphatic rings. The number of carbonyl (C=O) groups is 1. The molecule has 0 spiro atoms. The molecule has 0 radical (unpaired) electrons. The summed E-state index contributed by atoms with van der Waals surface area (Å²) < 4.78 is 0. The fourth-order valence-electron chi connectivity index (χ4n) is 3.32. The van der Waals surface area contributed by atoms with Crippen LogP contribution < -0.4 is 11.1 Å². The molecule has 0 saturated carbocycles. The molecule has 3 rings (SSSR count). The highest BCUT2D eigenvalue weighted by atomic mass is 35.5. The first-order chi connectivity index (χ1) is 12.6. The smallest absolute Gasteiger partial charge is 0.251 e. The Morgan fingerprint density at radius 2 is 1.59 bits per heavy atom. The van der Waals surface area contributed by atoms with Crippen molar-refractivity contribution in [2.75, 3.05) is 45.0 Å². The molecule has 1 saturated heterocycles. The summed E-state index contributed by atoms with van der Waals surface area (Å²) in [5, 5.41) is 3.02. The Labute approximate surface area is 192 Å². The average Bonchev–Trinajstić information content (AvgIpc) is 2.66. The predicted molar refractivity (Wildman–Crippen MR) is 128 cm³/mol. The van der Waals surface area contributed by atoms with Crippen molar-refractivity contribution in [2.45, 2.75) is 13.5 Å². The van der Waals surface area contributed by atoms with E-state index in [2.05, 4.69) is 45.4 Å². The monoisotopic (exact) mass is 460 g/mol. The van der Waals surface area contributed by atoms with Gasteiger partial charge in [-0.05, 0) is 30.2 Å². The molecule has 2 aromatic carbocycles.